The van der Waals surface area contributed by atoms with Gasteiger partial charge in [0, 0.05) is 6.42 Å². The number of esters is 1. The molecule has 0 unspecified atom stereocenters. The lowest BCUT2D eigenvalue weighted by Gasteiger charge is -1.95. The van der Waals surface area contributed by atoms with Gasteiger partial charge >= 0.3 is 5.97 Å². The zero-order chi connectivity index (χ0) is 9.56. The lowest BCUT2D eigenvalue weighted by atomic mass is 10.3. The average Bonchev–Trinajstić information content (AvgIpc) is 2.00. The number of rotatable bonds is 4. The van der Waals surface area contributed by atoms with Crippen molar-refractivity contribution < 1.29 is 14.5 Å². The van der Waals surface area contributed by atoms with Crippen LogP contribution in [-0.2, 0) is 9.53 Å². The number of carbonyl (C=O) groups excluding carboxylic acids is 1. The zero-order valence-electron chi connectivity index (χ0n) is 7.07. The largest absolute Gasteiger partial charge is 0.463 e. The first kappa shape index (κ1) is 10.6. The van der Waals surface area contributed by atoms with E-state index in [9.17, 15) is 14.9 Å². The van der Waals surface area contributed by atoms with Crippen molar-refractivity contribution in [2.45, 2.75) is 20.3 Å². The maximum absolute atomic E-state index is 10.7. The Balaban J connectivity index is 4.28. The van der Waals surface area contributed by atoms with Gasteiger partial charge in [0.2, 0.25) is 0 Å². The number of hydrogen-bond donors (Lipinski definition) is 0. The molecule has 0 rings (SSSR count). The molecule has 0 fully saturated rings. The van der Waals surface area contributed by atoms with Crippen LogP contribution in [-0.4, -0.2) is 17.5 Å². The number of allylic oxidation sites excluding steroid dienone is 1. The Bertz CT molecular complexity index is 209. The van der Waals surface area contributed by atoms with Crippen molar-refractivity contribution in [3.63, 3.8) is 0 Å². The van der Waals surface area contributed by atoms with E-state index in [0.29, 0.717) is 0 Å². The molecule has 68 valence electrons. The molecule has 5 nitrogen and oxygen atoms in total. The SMILES string of the molecule is CCOC(=O)/C=C(/CC)[N+](=O)[O-]. The molecule has 0 spiro atoms. The van der Waals surface area contributed by atoms with E-state index in [4.69, 9.17) is 0 Å². The summed E-state index contributed by atoms with van der Waals surface area (Å²) in [6, 6.07) is 0. The molecule has 0 saturated carbocycles. The molecule has 0 aromatic heterocycles. The number of ether oxygens (including phenoxy) is 1. The Hall–Kier alpha value is -1.39. The van der Waals surface area contributed by atoms with Crippen LogP contribution in [0.25, 0.3) is 0 Å². The quantitative estimate of drug-likeness (QED) is 0.276. The van der Waals surface area contributed by atoms with Gasteiger partial charge in [-0.05, 0) is 6.92 Å². The number of nitrogens with zero attached hydrogens (tertiary/aromatic N) is 1. The lowest BCUT2D eigenvalue weighted by molar-refractivity contribution is -0.427. The third kappa shape index (κ3) is 3.70. The summed E-state index contributed by atoms with van der Waals surface area (Å²) in [5.74, 6) is -0.661. The fraction of sp³-hybridized carbons (Fsp3) is 0.571. The Morgan fingerprint density at radius 1 is 1.58 bits per heavy atom. The minimum absolute atomic E-state index is 0.131. The van der Waals surface area contributed by atoms with Gasteiger partial charge in [-0.2, -0.15) is 0 Å². The first-order chi connectivity index (χ1) is 5.61. The van der Waals surface area contributed by atoms with Crippen LogP contribution in [0.15, 0.2) is 11.8 Å². The molecule has 0 aliphatic rings. The predicted octanol–water partition coefficient (Wildman–Crippen LogP) is 1.12. The third-order valence-corrected chi connectivity index (χ3v) is 1.17. The van der Waals surface area contributed by atoms with Crippen molar-refractivity contribution >= 4 is 5.97 Å². The standard InChI is InChI=1S/C7H11NO4/c1-3-6(8(10)11)5-7(9)12-4-2/h5H,3-4H2,1-2H3/b6-5-. The second kappa shape index (κ2) is 5.29. The Labute approximate surface area is 70.2 Å². The molecule has 12 heavy (non-hydrogen) atoms. The van der Waals surface area contributed by atoms with Crippen molar-refractivity contribution in [1.82, 2.24) is 0 Å². The van der Waals surface area contributed by atoms with Crippen molar-refractivity contribution in [2.75, 3.05) is 6.61 Å². The van der Waals surface area contributed by atoms with Crippen LogP contribution in [0.1, 0.15) is 20.3 Å². The van der Waals surface area contributed by atoms with E-state index in [1.807, 2.05) is 0 Å². The highest BCUT2D eigenvalue weighted by atomic mass is 16.6. The Morgan fingerprint density at radius 3 is 2.50 bits per heavy atom. The summed E-state index contributed by atoms with van der Waals surface area (Å²) in [6.07, 6.45) is 1.12. The van der Waals surface area contributed by atoms with Crippen molar-refractivity contribution in [2.24, 2.45) is 0 Å². The maximum Gasteiger partial charge on any atom is 0.337 e. The van der Waals surface area contributed by atoms with Crippen LogP contribution in [0.4, 0.5) is 0 Å². The maximum atomic E-state index is 10.7. The molecule has 0 aromatic carbocycles. The molecule has 0 amide bonds. The topological polar surface area (TPSA) is 69.4 Å². The summed E-state index contributed by atoms with van der Waals surface area (Å²) >= 11 is 0. The molecule has 0 atom stereocenters. The summed E-state index contributed by atoms with van der Waals surface area (Å²) in [4.78, 5) is 20.3. The van der Waals surface area contributed by atoms with Crippen molar-refractivity contribution in [3.05, 3.63) is 21.9 Å². The Kier molecular flexibility index (Phi) is 4.67. The fourth-order valence-corrected chi connectivity index (χ4v) is 0.604. The van der Waals surface area contributed by atoms with Crippen molar-refractivity contribution in [1.29, 1.82) is 0 Å². The predicted molar refractivity (Wildman–Crippen MR) is 42.0 cm³/mol. The molecule has 0 aromatic rings. The number of carbonyl (C=O) groups is 1. The van der Waals surface area contributed by atoms with E-state index in [1.165, 1.54) is 0 Å². The molecular formula is C7H11NO4. The second-order valence-corrected chi connectivity index (χ2v) is 2.00. The smallest absolute Gasteiger partial charge is 0.337 e. The normalized spacial score (nSPS) is 11.0. The summed E-state index contributed by atoms with van der Waals surface area (Å²) in [5.41, 5.74) is -0.131. The van der Waals surface area contributed by atoms with Crippen LogP contribution in [0.3, 0.4) is 0 Å². The van der Waals surface area contributed by atoms with E-state index in [0.717, 1.165) is 6.08 Å². The molecule has 0 radical (unpaired) electrons. The monoisotopic (exact) mass is 173 g/mol. The third-order valence-electron chi connectivity index (χ3n) is 1.17. The van der Waals surface area contributed by atoms with E-state index < -0.39 is 10.9 Å². The molecule has 0 bridgehead atoms. The van der Waals surface area contributed by atoms with Gasteiger partial charge in [-0.3, -0.25) is 10.1 Å². The minimum atomic E-state index is -0.661. The van der Waals surface area contributed by atoms with Crippen LogP contribution >= 0.6 is 0 Å². The summed E-state index contributed by atoms with van der Waals surface area (Å²) in [5, 5.41) is 10.2. The van der Waals surface area contributed by atoms with Gasteiger partial charge in [-0.15, -0.1) is 0 Å². The van der Waals surface area contributed by atoms with Gasteiger partial charge in [0.15, 0.2) is 0 Å². The second-order valence-electron chi connectivity index (χ2n) is 2.00. The molecule has 0 heterocycles. The summed E-state index contributed by atoms with van der Waals surface area (Å²) in [6.45, 7) is 3.47. The van der Waals surface area contributed by atoms with E-state index >= 15 is 0 Å². The first-order valence-corrected chi connectivity index (χ1v) is 3.63. The van der Waals surface area contributed by atoms with E-state index in [-0.39, 0.29) is 18.7 Å². The Morgan fingerprint density at radius 2 is 2.17 bits per heavy atom. The van der Waals surface area contributed by atoms with E-state index in [2.05, 4.69) is 4.74 Å². The van der Waals surface area contributed by atoms with Crippen LogP contribution in [0.5, 0.6) is 0 Å². The van der Waals surface area contributed by atoms with Crippen LogP contribution in [0, 0.1) is 10.1 Å². The van der Waals surface area contributed by atoms with Crippen LogP contribution in [0.2, 0.25) is 0 Å². The molecular weight excluding hydrogens is 162 g/mol. The highest BCUT2D eigenvalue weighted by Crippen LogP contribution is 2.01. The van der Waals surface area contributed by atoms with Gasteiger partial charge in [0.05, 0.1) is 17.6 Å². The highest BCUT2D eigenvalue weighted by Gasteiger charge is 2.10. The first-order valence-electron chi connectivity index (χ1n) is 3.63. The van der Waals surface area contributed by atoms with Gasteiger partial charge < -0.3 is 4.74 Å². The van der Waals surface area contributed by atoms with Gasteiger partial charge in [0.1, 0.15) is 0 Å². The molecule has 5 heteroatoms. The highest BCUT2D eigenvalue weighted by molar-refractivity contribution is 5.82. The van der Waals surface area contributed by atoms with E-state index in [1.54, 1.807) is 13.8 Å². The summed E-state index contributed by atoms with van der Waals surface area (Å²) < 4.78 is 4.50. The minimum Gasteiger partial charge on any atom is -0.463 e. The molecule has 0 saturated heterocycles. The number of nitro groups is 1. The lowest BCUT2D eigenvalue weighted by Crippen LogP contribution is -2.05. The average molecular weight is 173 g/mol. The van der Waals surface area contributed by atoms with Crippen molar-refractivity contribution in [3.8, 4) is 0 Å². The number of hydrogen-bond acceptors (Lipinski definition) is 4. The molecule has 0 N–H and O–H groups in total. The van der Waals surface area contributed by atoms with Gasteiger partial charge in [0.25, 0.3) is 5.70 Å². The molecule has 0 aliphatic carbocycles. The fourth-order valence-electron chi connectivity index (χ4n) is 0.604. The van der Waals surface area contributed by atoms with Crippen LogP contribution < -0.4 is 0 Å². The molecule has 0 aliphatic heterocycles. The van der Waals surface area contributed by atoms with Gasteiger partial charge in [-0.25, -0.2) is 4.79 Å². The summed E-state index contributed by atoms with van der Waals surface area (Å²) in [7, 11) is 0. The van der Waals surface area contributed by atoms with Gasteiger partial charge in [-0.1, -0.05) is 6.92 Å². The zero-order valence-corrected chi connectivity index (χ0v) is 7.07.